The highest BCUT2D eigenvalue weighted by atomic mass is 35.5. The van der Waals surface area contributed by atoms with Gasteiger partial charge in [-0.05, 0) is 70.1 Å². The van der Waals surface area contributed by atoms with Crippen molar-refractivity contribution in [3.63, 3.8) is 0 Å². The van der Waals surface area contributed by atoms with Crippen molar-refractivity contribution in [1.29, 1.82) is 0 Å². The Labute approximate surface area is 392 Å². The number of rotatable bonds is 22. The molecule has 1 unspecified atom stereocenters. The van der Waals surface area contributed by atoms with E-state index >= 15 is 0 Å². The summed E-state index contributed by atoms with van der Waals surface area (Å²) in [5.74, 6) is 1.40. The van der Waals surface area contributed by atoms with Crippen LogP contribution in [0.25, 0.3) is 5.00 Å². The maximum atomic E-state index is 13.2. The highest BCUT2D eigenvalue weighted by Gasteiger charge is 2.32. The van der Waals surface area contributed by atoms with Crippen molar-refractivity contribution in [1.82, 2.24) is 35.6 Å². The number of carbonyl (C=O) groups excluding carboxylic acids is 3. The summed E-state index contributed by atoms with van der Waals surface area (Å²) in [4.78, 5) is 46.4. The van der Waals surface area contributed by atoms with Crippen molar-refractivity contribution in [3.8, 4) is 5.00 Å². The molecule has 6 rings (SSSR count). The fourth-order valence-corrected chi connectivity index (χ4v) is 8.62. The number of aliphatic imine (C=N–C) groups is 1. The Balaban J connectivity index is 0.788. The monoisotopic (exact) mass is 956 g/mol. The Bertz CT molecular complexity index is 2320. The van der Waals surface area contributed by atoms with E-state index in [0.29, 0.717) is 92.3 Å². The van der Waals surface area contributed by atoms with Crippen LogP contribution in [-0.4, -0.2) is 128 Å². The van der Waals surface area contributed by atoms with E-state index in [-0.39, 0.29) is 49.7 Å². The third-order valence-corrected chi connectivity index (χ3v) is 12.8. The van der Waals surface area contributed by atoms with Gasteiger partial charge in [-0.3, -0.25) is 29.0 Å². The van der Waals surface area contributed by atoms with Crippen LogP contribution in [0.2, 0.25) is 15.1 Å². The quantitative estimate of drug-likeness (QED) is 0.0784. The summed E-state index contributed by atoms with van der Waals surface area (Å²) in [7, 11) is 1.98. The van der Waals surface area contributed by atoms with Gasteiger partial charge in [-0.2, -0.15) is 5.10 Å². The van der Waals surface area contributed by atoms with E-state index in [1.807, 2.05) is 55.8 Å². The molecule has 2 aliphatic heterocycles. The molecule has 2 aliphatic rings. The second kappa shape index (κ2) is 23.6. The van der Waals surface area contributed by atoms with Crippen LogP contribution in [0.4, 0.5) is 5.69 Å². The number of aromatic nitrogens is 3. The molecule has 0 aliphatic carbocycles. The number of hydrogen-bond donors (Lipinski definition) is 3. The van der Waals surface area contributed by atoms with Crippen molar-refractivity contribution >= 4 is 81.1 Å². The molecule has 2 aromatic heterocycles. The zero-order valence-corrected chi connectivity index (χ0v) is 39.8. The molecular formula is C44H55Cl3N10O6S. The van der Waals surface area contributed by atoms with Gasteiger partial charge in [0.05, 0.1) is 67.4 Å². The van der Waals surface area contributed by atoms with Crippen LogP contribution in [0.15, 0.2) is 52.6 Å². The van der Waals surface area contributed by atoms with Crippen molar-refractivity contribution in [2.24, 2.45) is 16.0 Å². The van der Waals surface area contributed by atoms with Crippen LogP contribution < -0.4 is 21.0 Å². The number of nitrogens with one attached hydrogen (secondary N) is 3. The molecule has 0 bridgehead atoms. The Kier molecular flexibility index (Phi) is 18.1. The van der Waals surface area contributed by atoms with Crippen LogP contribution >= 0.6 is 46.1 Å². The van der Waals surface area contributed by atoms with Gasteiger partial charge in [0.25, 0.3) is 0 Å². The molecule has 4 heterocycles. The number of ether oxygens (including phenoxy) is 3. The lowest BCUT2D eigenvalue weighted by Crippen LogP contribution is -2.34. The predicted octanol–water partition coefficient (Wildman–Crippen LogP) is 6.08. The Morgan fingerprint density at radius 3 is 2.33 bits per heavy atom. The second-order valence-electron chi connectivity index (χ2n) is 15.6. The molecule has 4 aromatic rings. The van der Waals surface area contributed by atoms with E-state index in [2.05, 4.69) is 50.0 Å². The first-order chi connectivity index (χ1) is 30.8. The molecule has 0 radical (unpaired) electrons. The predicted molar refractivity (Wildman–Crippen MR) is 252 cm³/mol. The molecule has 3 amide bonds. The van der Waals surface area contributed by atoms with E-state index in [1.165, 1.54) is 4.88 Å². The summed E-state index contributed by atoms with van der Waals surface area (Å²) in [6.45, 7) is 12.6. The SMILES string of the molecule is Cc1sc2c(c1C)C(c1ccc(Cl)cc1)=N[C@@H](CC(=O)NCCOCCN(C)CCOCCOCC(=O)NCCCC(=O)NC1=NN(c3ccc(Cl)c(Cl)c3)CC1C)c1nnc(C)n1-2. The topological polar surface area (TPSA) is 177 Å². The minimum Gasteiger partial charge on any atom is -0.378 e. The van der Waals surface area contributed by atoms with Crippen molar-refractivity contribution < 1.29 is 28.6 Å². The minimum atomic E-state index is -0.544. The molecule has 64 heavy (non-hydrogen) atoms. The van der Waals surface area contributed by atoms with E-state index in [0.717, 1.165) is 38.9 Å². The molecule has 0 saturated heterocycles. The second-order valence-corrected chi connectivity index (χ2v) is 18.1. The average molecular weight is 958 g/mol. The molecule has 0 fully saturated rings. The minimum absolute atomic E-state index is 0.0262. The number of likely N-dealkylation sites (N-methyl/N-ethyl adjacent to an activating group) is 1. The summed E-state index contributed by atoms with van der Waals surface area (Å²) in [6.07, 6.45) is 0.814. The van der Waals surface area contributed by atoms with Gasteiger partial charge in [0.15, 0.2) is 5.82 Å². The molecule has 344 valence electrons. The highest BCUT2D eigenvalue weighted by Crippen LogP contribution is 2.39. The Hall–Kier alpha value is -4.46. The molecule has 16 nitrogen and oxygen atoms in total. The number of amidine groups is 1. The molecule has 0 saturated carbocycles. The van der Waals surface area contributed by atoms with Gasteiger partial charge in [0, 0.05) is 59.5 Å². The van der Waals surface area contributed by atoms with E-state index in [4.69, 9.17) is 54.0 Å². The van der Waals surface area contributed by atoms with Gasteiger partial charge in [0.2, 0.25) is 17.7 Å². The largest absolute Gasteiger partial charge is 0.378 e. The lowest BCUT2D eigenvalue weighted by Gasteiger charge is -2.17. The number of aryl methyl sites for hydroxylation is 2. The maximum absolute atomic E-state index is 13.2. The molecular weight excluding hydrogens is 903 g/mol. The number of nitrogens with zero attached hydrogens (tertiary/aromatic N) is 7. The van der Waals surface area contributed by atoms with Gasteiger partial charge in [0.1, 0.15) is 29.3 Å². The molecule has 3 N–H and O–H groups in total. The zero-order valence-electron chi connectivity index (χ0n) is 36.7. The smallest absolute Gasteiger partial charge is 0.245 e. The van der Waals surface area contributed by atoms with Crippen LogP contribution in [0.5, 0.6) is 0 Å². The number of fused-ring (bicyclic) bond motifs is 3. The summed E-state index contributed by atoms with van der Waals surface area (Å²) in [5, 5.41) is 26.3. The van der Waals surface area contributed by atoms with Crippen LogP contribution in [-0.2, 0) is 28.6 Å². The number of thiophene rings is 1. The molecule has 2 aromatic carbocycles. The Morgan fingerprint density at radius 1 is 0.859 bits per heavy atom. The number of amides is 3. The van der Waals surface area contributed by atoms with Gasteiger partial charge in [-0.1, -0.05) is 53.9 Å². The van der Waals surface area contributed by atoms with E-state index in [1.54, 1.807) is 28.5 Å². The number of hydrazone groups is 1. The Morgan fingerprint density at radius 2 is 1.58 bits per heavy atom. The lowest BCUT2D eigenvalue weighted by atomic mass is 9.99. The normalized spacial score (nSPS) is 15.7. The first-order valence-electron chi connectivity index (χ1n) is 21.2. The zero-order chi connectivity index (χ0) is 45.8. The first kappa shape index (κ1) is 49.0. The molecule has 20 heteroatoms. The van der Waals surface area contributed by atoms with Gasteiger partial charge >= 0.3 is 0 Å². The van der Waals surface area contributed by atoms with Gasteiger partial charge in [-0.15, -0.1) is 21.5 Å². The number of hydrogen-bond acceptors (Lipinski definition) is 13. The summed E-state index contributed by atoms with van der Waals surface area (Å²) >= 11 is 20.1. The van der Waals surface area contributed by atoms with Crippen LogP contribution in [0, 0.1) is 26.7 Å². The average Bonchev–Trinajstić information content (AvgIpc) is 3.89. The fourth-order valence-electron chi connectivity index (χ4n) is 6.99. The van der Waals surface area contributed by atoms with Crippen LogP contribution in [0.1, 0.15) is 65.4 Å². The van der Waals surface area contributed by atoms with E-state index in [9.17, 15) is 14.4 Å². The summed E-state index contributed by atoms with van der Waals surface area (Å²) in [5.41, 5.74) is 4.66. The van der Waals surface area contributed by atoms with E-state index < -0.39 is 6.04 Å². The highest BCUT2D eigenvalue weighted by molar-refractivity contribution is 7.15. The first-order valence-corrected chi connectivity index (χ1v) is 23.2. The van der Waals surface area contributed by atoms with Crippen LogP contribution in [0.3, 0.4) is 0 Å². The number of halogens is 3. The third-order valence-electron chi connectivity index (χ3n) is 10.7. The molecule has 0 spiro atoms. The maximum Gasteiger partial charge on any atom is 0.245 e. The van der Waals surface area contributed by atoms with Gasteiger partial charge < -0.3 is 35.1 Å². The number of carbonyl (C=O) groups is 3. The number of anilines is 1. The fraction of sp³-hybridized carbons (Fsp3) is 0.477. The van der Waals surface area contributed by atoms with Gasteiger partial charge in [-0.25, -0.2) is 0 Å². The standard InChI is InChI=1S/C44H55Cl3N10O6S/c1-27-25-56(33-12-13-34(46)35(47)23-33)54-42(27)51-37(58)7-6-14-48-39(60)26-63-22-21-62-20-17-55(5)16-19-61-18-15-49-38(59)24-36-43-53-52-30(4)57(43)44-40(28(2)29(3)64-44)41(50-36)31-8-10-32(45)11-9-31/h8-13,23,27,36H,6-7,14-22,24-26H2,1-5H3,(H,48,60)(H,49,59)(H,51,54,58)/t27?,36-/m0/s1. The van der Waals surface area contributed by atoms with Crippen molar-refractivity contribution in [2.75, 3.05) is 84.4 Å². The van der Waals surface area contributed by atoms with Crippen molar-refractivity contribution in [2.45, 2.75) is 53.0 Å². The third kappa shape index (κ3) is 13.3. The lowest BCUT2D eigenvalue weighted by molar-refractivity contribution is -0.126. The molecule has 2 atom stereocenters. The number of benzene rings is 2. The van der Waals surface area contributed by atoms with Crippen molar-refractivity contribution in [3.05, 3.63) is 90.7 Å². The summed E-state index contributed by atoms with van der Waals surface area (Å²) in [6, 6.07) is 12.3. The summed E-state index contributed by atoms with van der Waals surface area (Å²) < 4.78 is 18.9.